The summed E-state index contributed by atoms with van der Waals surface area (Å²) in [7, 11) is 0. The van der Waals surface area contributed by atoms with E-state index in [9.17, 15) is 9.90 Å². The summed E-state index contributed by atoms with van der Waals surface area (Å²) in [5.41, 5.74) is 0.134. The number of hydrogen-bond acceptors (Lipinski definition) is 3. The van der Waals surface area contributed by atoms with Gasteiger partial charge >= 0.3 is 0 Å². The van der Waals surface area contributed by atoms with Crippen molar-refractivity contribution in [3.8, 4) is 0 Å². The largest absolute Gasteiger partial charge is 0.385 e. The second-order valence-corrected chi connectivity index (χ2v) is 7.48. The zero-order chi connectivity index (χ0) is 13.2. The van der Waals surface area contributed by atoms with Crippen molar-refractivity contribution in [3.63, 3.8) is 0 Å². The first-order chi connectivity index (χ1) is 9.14. The molecule has 1 spiro atoms. The molecule has 2 saturated carbocycles. The lowest BCUT2D eigenvalue weighted by atomic mass is 9.48. The molecule has 6 atom stereocenters. The summed E-state index contributed by atoms with van der Waals surface area (Å²) in [6.45, 7) is 4.67. The Morgan fingerprint density at radius 3 is 2.79 bits per heavy atom. The van der Waals surface area contributed by atoms with Crippen molar-refractivity contribution in [1.29, 1.82) is 0 Å². The molecule has 3 nitrogen and oxygen atoms in total. The Morgan fingerprint density at radius 1 is 1.26 bits per heavy atom. The fourth-order valence-electron chi connectivity index (χ4n) is 6.16. The fourth-order valence-corrected chi connectivity index (χ4v) is 6.16. The molecule has 0 aromatic rings. The minimum absolute atomic E-state index is 0.126. The minimum atomic E-state index is -0.663. The van der Waals surface area contributed by atoms with Crippen LogP contribution in [0.2, 0.25) is 0 Å². The van der Waals surface area contributed by atoms with E-state index < -0.39 is 6.10 Å². The van der Waals surface area contributed by atoms with Gasteiger partial charge in [-0.15, -0.1) is 0 Å². The lowest BCUT2D eigenvalue weighted by Crippen LogP contribution is -2.74. The van der Waals surface area contributed by atoms with Gasteiger partial charge in [-0.05, 0) is 69.4 Å². The number of aliphatic hydroxyl groups excluding tert-OH is 1. The standard InChI is InChI=1S/C16H25NO2/c1-10-8-11-12-4-2-6-17-7-3-5-13(15(19)14(11)18)16(12,17)9-10/h10-14,18H,2-9H2,1H3/t10-,11+,12-,13-,14+,16+/m1/s1. The molecule has 0 aromatic heterocycles. The van der Waals surface area contributed by atoms with Crippen LogP contribution in [0.25, 0.3) is 0 Å². The van der Waals surface area contributed by atoms with Crippen molar-refractivity contribution in [2.75, 3.05) is 13.1 Å². The van der Waals surface area contributed by atoms with E-state index in [1.54, 1.807) is 0 Å². The predicted molar refractivity (Wildman–Crippen MR) is 72.7 cm³/mol. The van der Waals surface area contributed by atoms with E-state index in [1.807, 2.05) is 0 Å². The molecule has 4 rings (SSSR count). The van der Waals surface area contributed by atoms with Crippen LogP contribution in [-0.4, -0.2) is 40.5 Å². The number of rotatable bonds is 0. The van der Waals surface area contributed by atoms with Gasteiger partial charge < -0.3 is 5.11 Å². The smallest absolute Gasteiger partial charge is 0.166 e. The Balaban J connectivity index is 1.84. The Labute approximate surface area is 115 Å². The summed E-state index contributed by atoms with van der Waals surface area (Å²) in [6, 6.07) is 0. The van der Waals surface area contributed by atoms with Crippen molar-refractivity contribution < 1.29 is 9.90 Å². The summed E-state index contributed by atoms with van der Waals surface area (Å²) in [4.78, 5) is 15.3. The lowest BCUT2D eigenvalue weighted by Gasteiger charge is -2.66. The Morgan fingerprint density at radius 2 is 2.00 bits per heavy atom. The monoisotopic (exact) mass is 263 g/mol. The molecule has 4 aliphatic rings. The van der Waals surface area contributed by atoms with Gasteiger partial charge in [-0.2, -0.15) is 0 Å². The van der Waals surface area contributed by atoms with Gasteiger partial charge in [0, 0.05) is 11.5 Å². The summed E-state index contributed by atoms with van der Waals surface area (Å²) in [6.07, 6.45) is 6.22. The molecule has 3 heteroatoms. The van der Waals surface area contributed by atoms with E-state index in [0.717, 1.165) is 19.3 Å². The number of ketones is 1. The SMILES string of the molecule is C[C@@H]1C[C@@H]2[C@H](O)C(=O)[C@H]3CCCN4CCC[C@H]2[C@@]34C1. The third-order valence-electron chi connectivity index (χ3n) is 6.61. The highest BCUT2D eigenvalue weighted by Crippen LogP contribution is 2.59. The van der Waals surface area contributed by atoms with Crippen molar-refractivity contribution in [3.05, 3.63) is 0 Å². The average molecular weight is 263 g/mol. The van der Waals surface area contributed by atoms with Crippen molar-refractivity contribution in [1.82, 2.24) is 4.90 Å². The molecule has 4 fully saturated rings. The molecule has 0 amide bonds. The highest BCUT2D eigenvalue weighted by atomic mass is 16.3. The normalized spacial score (nSPS) is 53.8. The van der Waals surface area contributed by atoms with E-state index in [0.29, 0.717) is 11.8 Å². The van der Waals surface area contributed by atoms with Gasteiger partial charge in [0.15, 0.2) is 5.78 Å². The molecule has 1 N–H and O–H groups in total. The highest BCUT2D eigenvalue weighted by Gasteiger charge is 2.64. The van der Waals surface area contributed by atoms with Crippen LogP contribution in [0.3, 0.4) is 0 Å². The van der Waals surface area contributed by atoms with Crippen molar-refractivity contribution >= 4 is 5.78 Å². The first-order valence-electron chi connectivity index (χ1n) is 8.11. The van der Waals surface area contributed by atoms with E-state index in [1.165, 1.54) is 32.4 Å². The summed E-state index contributed by atoms with van der Waals surface area (Å²) in [5.74, 6) is 1.79. The third-order valence-corrected chi connectivity index (χ3v) is 6.61. The molecule has 0 radical (unpaired) electrons. The molecule has 0 unspecified atom stereocenters. The summed E-state index contributed by atoms with van der Waals surface area (Å²) in [5, 5.41) is 10.5. The molecule has 2 aliphatic heterocycles. The van der Waals surface area contributed by atoms with Crippen molar-refractivity contribution in [2.45, 2.75) is 57.1 Å². The zero-order valence-electron chi connectivity index (χ0n) is 11.8. The first kappa shape index (κ1) is 12.3. The van der Waals surface area contributed by atoms with Gasteiger partial charge in [-0.1, -0.05) is 6.92 Å². The number of nitrogens with zero attached hydrogens (tertiary/aromatic N) is 1. The molecule has 2 aliphatic carbocycles. The molecule has 0 aromatic carbocycles. The van der Waals surface area contributed by atoms with Crippen molar-refractivity contribution in [2.24, 2.45) is 23.7 Å². The quantitative estimate of drug-likeness (QED) is 0.725. The zero-order valence-corrected chi connectivity index (χ0v) is 11.8. The molecular weight excluding hydrogens is 238 g/mol. The van der Waals surface area contributed by atoms with Gasteiger partial charge in [0.25, 0.3) is 0 Å². The average Bonchev–Trinajstić information content (AvgIpc) is 2.40. The topological polar surface area (TPSA) is 40.5 Å². The Kier molecular flexibility index (Phi) is 2.63. The van der Waals surface area contributed by atoms with Crippen LogP contribution in [-0.2, 0) is 4.79 Å². The predicted octanol–water partition coefficient (Wildman–Crippen LogP) is 1.84. The fraction of sp³-hybridized carbons (Fsp3) is 0.938. The van der Waals surface area contributed by atoms with Crippen LogP contribution in [0.15, 0.2) is 0 Å². The number of hydrogen-bond donors (Lipinski definition) is 1. The van der Waals surface area contributed by atoms with E-state index in [-0.39, 0.29) is 23.2 Å². The minimum Gasteiger partial charge on any atom is -0.385 e. The van der Waals surface area contributed by atoms with E-state index in [4.69, 9.17) is 0 Å². The summed E-state index contributed by atoms with van der Waals surface area (Å²) < 4.78 is 0. The lowest BCUT2D eigenvalue weighted by molar-refractivity contribution is -0.193. The molecule has 19 heavy (non-hydrogen) atoms. The van der Waals surface area contributed by atoms with Crippen LogP contribution in [0.1, 0.15) is 45.4 Å². The second-order valence-electron chi connectivity index (χ2n) is 7.48. The molecule has 2 saturated heterocycles. The first-order valence-corrected chi connectivity index (χ1v) is 8.11. The van der Waals surface area contributed by atoms with Gasteiger partial charge in [0.2, 0.25) is 0 Å². The number of piperidine rings is 2. The number of Topliss-reactive ketones (excluding diaryl/α,β-unsaturated/α-hetero) is 1. The summed E-state index contributed by atoms with van der Waals surface area (Å²) >= 11 is 0. The molecular formula is C16H25NO2. The number of carbonyl (C=O) groups excluding carboxylic acids is 1. The van der Waals surface area contributed by atoms with Crippen LogP contribution in [0.4, 0.5) is 0 Å². The maximum atomic E-state index is 12.6. The second kappa shape index (κ2) is 4.05. The molecule has 106 valence electrons. The van der Waals surface area contributed by atoms with Crippen LogP contribution in [0.5, 0.6) is 0 Å². The van der Waals surface area contributed by atoms with Crippen LogP contribution >= 0.6 is 0 Å². The Bertz CT molecular complexity index is 408. The molecule has 2 heterocycles. The van der Waals surface area contributed by atoms with Gasteiger partial charge in [-0.3, -0.25) is 9.69 Å². The maximum absolute atomic E-state index is 12.6. The van der Waals surface area contributed by atoms with E-state index in [2.05, 4.69) is 11.8 Å². The highest BCUT2D eigenvalue weighted by molar-refractivity contribution is 5.88. The van der Waals surface area contributed by atoms with Crippen LogP contribution < -0.4 is 0 Å². The molecule has 2 bridgehead atoms. The Hall–Kier alpha value is -0.410. The van der Waals surface area contributed by atoms with Gasteiger partial charge in [0.05, 0.1) is 0 Å². The van der Waals surface area contributed by atoms with Gasteiger partial charge in [0.1, 0.15) is 6.10 Å². The van der Waals surface area contributed by atoms with Crippen LogP contribution in [0, 0.1) is 23.7 Å². The number of aliphatic hydroxyl groups is 1. The third kappa shape index (κ3) is 1.43. The van der Waals surface area contributed by atoms with Gasteiger partial charge in [-0.25, -0.2) is 0 Å². The number of carbonyl (C=O) groups is 1. The maximum Gasteiger partial charge on any atom is 0.166 e. The van der Waals surface area contributed by atoms with E-state index >= 15 is 0 Å².